The summed E-state index contributed by atoms with van der Waals surface area (Å²) >= 11 is 0. The van der Waals surface area contributed by atoms with E-state index in [1.54, 1.807) is 36.4 Å². The highest BCUT2D eigenvalue weighted by Gasteiger charge is 2.41. The SMILES string of the molecule is COc1ccccc1C1=C(Nc2ccc(F)c(F)c2)C(=O)N(c2ccc(C(C)C)cc2)C1=O. The fourth-order valence-corrected chi connectivity index (χ4v) is 3.71. The van der Waals surface area contributed by atoms with E-state index in [0.29, 0.717) is 17.0 Å². The number of carbonyl (C=O) groups excluding carboxylic acids is 2. The van der Waals surface area contributed by atoms with Gasteiger partial charge in [0.1, 0.15) is 11.4 Å². The number of benzene rings is 3. The van der Waals surface area contributed by atoms with E-state index < -0.39 is 23.4 Å². The van der Waals surface area contributed by atoms with E-state index in [-0.39, 0.29) is 22.9 Å². The molecule has 0 bridgehead atoms. The van der Waals surface area contributed by atoms with E-state index in [9.17, 15) is 18.4 Å². The van der Waals surface area contributed by atoms with Gasteiger partial charge in [0, 0.05) is 17.3 Å². The molecule has 1 aliphatic rings. The Bertz CT molecular complexity index is 1270. The van der Waals surface area contributed by atoms with E-state index >= 15 is 0 Å². The number of anilines is 2. The van der Waals surface area contributed by atoms with Crippen LogP contribution < -0.4 is 15.0 Å². The lowest BCUT2D eigenvalue weighted by Gasteiger charge is -2.17. The van der Waals surface area contributed by atoms with E-state index in [0.717, 1.165) is 22.6 Å². The summed E-state index contributed by atoms with van der Waals surface area (Å²) in [6.07, 6.45) is 0. The van der Waals surface area contributed by atoms with Crippen LogP contribution in [0.15, 0.2) is 72.4 Å². The van der Waals surface area contributed by atoms with Crippen LogP contribution in [0, 0.1) is 11.6 Å². The number of nitrogens with zero attached hydrogens (tertiary/aromatic N) is 1. The van der Waals surface area contributed by atoms with Gasteiger partial charge < -0.3 is 10.1 Å². The van der Waals surface area contributed by atoms with Gasteiger partial charge >= 0.3 is 0 Å². The average Bonchev–Trinajstić information content (AvgIpc) is 3.05. The number of para-hydroxylation sites is 1. The van der Waals surface area contributed by atoms with Crippen LogP contribution in [0.3, 0.4) is 0 Å². The van der Waals surface area contributed by atoms with Gasteiger partial charge in [-0.1, -0.05) is 44.2 Å². The molecule has 0 radical (unpaired) electrons. The molecular weight excluding hydrogens is 426 g/mol. The molecular formula is C26H22F2N2O3. The molecule has 5 nitrogen and oxygen atoms in total. The Morgan fingerprint density at radius 2 is 1.58 bits per heavy atom. The van der Waals surface area contributed by atoms with Crippen molar-refractivity contribution in [3.63, 3.8) is 0 Å². The molecule has 0 aliphatic carbocycles. The Morgan fingerprint density at radius 1 is 0.879 bits per heavy atom. The maximum atomic E-state index is 13.8. The second-order valence-corrected chi connectivity index (χ2v) is 7.90. The number of rotatable bonds is 6. The van der Waals surface area contributed by atoms with Crippen molar-refractivity contribution in [2.45, 2.75) is 19.8 Å². The zero-order valence-electron chi connectivity index (χ0n) is 18.4. The number of methoxy groups -OCH3 is 1. The largest absolute Gasteiger partial charge is 0.496 e. The van der Waals surface area contributed by atoms with E-state index in [1.165, 1.54) is 13.2 Å². The molecule has 2 amide bonds. The smallest absolute Gasteiger partial charge is 0.282 e. The van der Waals surface area contributed by atoms with Crippen LogP contribution in [0.4, 0.5) is 20.2 Å². The molecule has 0 atom stereocenters. The molecule has 0 unspecified atom stereocenters. The number of halogens is 2. The van der Waals surface area contributed by atoms with Crippen LogP contribution in [0.2, 0.25) is 0 Å². The number of nitrogens with one attached hydrogen (secondary N) is 1. The molecule has 0 spiro atoms. The minimum absolute atomic E-state index is 0.0524. The monoisotopic (exact) mass is 448 g/mol. The second kappa shape index (κ2) is 8.86. The summed E-state index contributed by atoms with van der Waals surface area (Å²) < 4.78 is 32.6. The second-order valence-electron chi connectivity index (χ2n) is 7.90. The van der Waals surface area contributed by atoms with Crippen molar-refractivity contribution in [3.05, 3.63) is 95.2 Å². The van der Waals surface area contributed by atoms with Gasteiger partial charge in [0.05, 0.1) is 18.4 Å². The van der Waals surface area contributed by atoms with Gasteiger partial charge in [-0.05, 0) is 41.8 Å². The molecule has 0 saturated heterocycles. The minimum Gasteiger partial charge on any atom is -0.496 e. The fraction of sp³-hybridized carbons (Fsp3) is 0.154. The Morgan fingerprint density at radius 3 is 2.21 bits per heavy atom. The highest BCUT2D eigenvalue weighted by molar-refractivity contribution is 6.46. The van der Waals surface area contributed by atoms with Crippen LogP contribution >= 0.6 is 0 Å². The van der Waals surface area contributed by atoms with Crippen molar-refractivity contribution < 1.29 is 23.1 Å². The standard InChI is InChI=1S/C26H22F2N2O3/c1-15(2)16-8-11-18(12-9-16)30-25(31)23(19-6-4-5-7-22(19)33-3)24(26(30)32)29-17-10-13-20(27)21(28)14-17/h4-15,29H,1-3H3. The van der Waals surface area contributed by atoms with E-state index in [1.807, 2.05) is 26.0 Å². The molecule has 168 valence electrons. The van der Waals surface area contributed by atoms with E-state index in [2.05, 4.69) is 5.32 Å². The first kappa shape index (κ1) is 22.2. The number of hydrogen-bond donors (Lipinski definition) is 1. The lowest BCUT2D eigenvalue weighted by molar-refractivity contribution is -0.120. The summed E-state index contributed by atoms with van der Waals surface area (Å²) in [4.78, 5) is 28.1. The average molecular weight is 448 g/mol. The maximum absolute atomic E-state index is 13.8. The molecule has 1 N–H and O–H groups in total. The molecule has 3 aromatic rings. The van der Waals surface area contributed by atoms with Crippen molar-refractivity contribution in [2.24, 2.45) is 0 Å². The lowest BCUT2D eigenvalue weighted by atomic mass is 10.0. The van der Waals surface area contributed by atoms with Gasteiger partial charge in [0.25, 0.3) is 11.8 Å². The highest BCUT2D eigenvalue weighted by atomic mass is 19.2. The predicted octanol–water partition coefficient (Wildman–Crippen LogP) is 5.49. The third kappa shape index (κ3) is 4.09. The Kier molecular flexibility index (Phi) is 5.96. The molecule has 0 saturated carbocycles. The number of imide groups is 1. The van der Waals surface area contributed by atoms with Crippen LogP contribution in [0.25, 0.3) is 5.57 Å². The molecule has 7 heteroatoms. The topological polar surface area (TPSA) is 58.6 Å². The summed E-state index contributed by atoms with van der Waals surface area (Å²) in [5, 5.41) is 2.82. The number of carbonyl (C=O) groups is 2. The van der Waals surface area contributed by atoms with Gasteiger partial charge in [0.2, 0.25) is 0 Å². The zero-order chi connectivity index (χ0) is 23.7. The third-order valence-corrected chi connectivity index (χ3v) is 5.47. The van der Waals surface area contributed by atoms with Crippen LogP contribution in [0.5, 0.6) is 5.75 Å². The Labute approximate surface area is 190 Å². The van der Waals surface area contributed by atoms with Gasteiger partial charge in [-0.3, -0.25) is 9.59 Å². The lowest BCUT2D eigenvalue weighted by Crippen LogP contribution is -2.32. The van der Waals surface area contributed by atoms with Crippen molar-refractivity contribution >= 4 is 28.8 Å². The number of ether oxygens (including phenoxy) is 1. The summed E-state index contributed by atoms with van der Waals surface area (Å²) in [6.45, 7) is 4.10. The molecule has 33 heavy (non-hydrogen) atoms. The third-order valence-electron chi connectivity index (χ3n) is 5.47. The molecule has 3 aromatic carbocycles. The maximum Gasteiger partial charge on any atom is 0.282 e. The minimum atomic E-state index is -1.07. The van der Waals surface area contributed by atoms with Crippen molar-refractivity contribution in [1.29, 1.82) is 0 Å². The van der Waals surface area contributed by atoms with E-state index in [4.69, 9.17) is 4.74 Å². The molecule has 4 rings (SSSR count). The Hall–Kier alpha value is -4.00. The highest BCUT2D eigenvalue weighted by Crippen LogP contribution is 2.37. The first-order chi connectivity index (χ1) is 15.8. The van der Waals surface area contributed by atoms with Crippen LogP contribution in [-0.2, 0) is 9.59 Å². The van der Waals surface area contributed by atoms with Gasteiger partial charge in [-0.15, -0.1) is 0 Å². The first-order valence-corrected chi connectivity index (χ1v) is 10.4. The van der Waals surface area contributed by atoms with Crippen LogP contribution in [0.1, 0.15) is 30.9 Å². The molecule has 1 heterocycles. The van der Waals surface area contributed by atoms with Crippen LogP contribution in [-0.4, -0.2) is 18.9 Å². The summed E-state index contributed by atoms with van der Waals surface area (Å²) in [7, 11) is 1.46. The summed E-state index contributed by atoms with van der Waals surface area (Å²) in [5.74, 6) is -2.56. The van der Waals surface area contributed by atoms with Gasteiger partial charge in [-0.25, -0.2) is 13.7 Å². The first-order valence-electron chi connectivity index (χ1n) is 10.4. The summed E-state index contributed by atoms with van der Waals surface area (Å²) in [6, 6.07) is 17.1. The normalized spacial score (nSPS) is 13.8. The molecule has 0 aromatic heterocycles. The van der Waals surface area contributed by atoms with Gasteiger partial charge in [0.15, 0.2) is 11.6 Å². The molecule has 0 fully saturated rings. The predicted molar refractivity (Wildman–Crippen MR) is 123 cm³/mol. The Balaban J connectivity index is 1.83. The van der Waals surface area contributed by atoms with Crippen molar-refractivity contribution in [3.8, 4) is 5.75 Å². The van der Waals surface area contributed by atoms with Gasteiger partial charge in [-0.2, -0.15) is 0 Å². The van der Waals surface area contributed by atoms with Crippen molar-refractivity contribution in [1.82, 2.24) is 0 Å². The quantitative estimate of drug-likeness (QED) is 0.507. The summed E-state index contributed by atoms with van der Waals surface area (Å²) in [5.41, 5.74) is 2.04. The number of amides is 2. The van der Waals surface area contributed by atoms with Crippen molar-refractivity contribution in [2.75, 3.05) is 17.3 Å². The number of hydrogen-bond acceptors (Lipinski definition) is 4. The molecule has 1 aliphatic heterocycles. The zero-order valence-corrected chi connectivity index (χ0v) is 18.4. The fourth-order valence-electron chi connectivity index (χ4n) is 3.71.